The maximum atomic E-state index is 9.19. The molecule has 1 aromatic carbocycles. The van der Waals surface area contributed by atoms with Crippen molar-refractivity contribution in [2.75, 3.05) is 5.75 Å². The van der Waals surface area contributed by atoms with Gasteiger partial charge in [0.2, 0.25) is 0 Å². The van der Waals surface area contributed by atoms with Gasteiger partial charge < -0.3 is 0 Å². The molecule has 1 aliphatic carbocycles. The van der Waals surface area contributed by atoms with Gasteiger partial charge in [0.05, 0.1) is 16.5 Å². The summed E-state index contributed by atoms with van der Waals surface area (Å²) < 4.78 is 2.28. The van der Waals surface area contributed by atoms with Crippen molar-refractivity contribution in [3.8, 4) is 17.5 Å². The number of nitrogens with zero attached hydrogens (tertiary/aromatic N) is 4. The van der Waals surface area contributed by atoms with Crippen molar-refractivity contribution in [2.45, 2.75) is 57.1 Å². The van der Waals surface area contributed by atoms with Crippen LogP contribution in [0.5, 0.6) is 0 Å². The number of aromatic nitrogens is 3. The number of thioether (sulfide) groups is 1. The minimum absolute atomic E-state index is 0.309. The second-order valence-corrected chi connectivity index (χ2v) is 8.66. The Balaban J connectivity index is 1.89. The lowest BCUT2D eigenvalue weighted by Gasteiger charge is -2.18. The zero-order chi connectivity index (χ0) is 17.9. The van der Waals surface area contributed by atoms with Gasteiger partial charge in [0, 0.05) is 17.4 Å². The predicted molar refractivity (Wildman–Crippen MR) is 103 cm³/mol. The molecular formula is C19H23ClN4S. The van der Waals surface area contributed by atoms with Gasteiger partial charge in [-0.15, -0.1) is 10.2 Å². The van der Waals surface area contributed by atoms with E-state index < -0.39 is 0 Å². The average Bonchev–Trinajstić information content (AvgIpc) is 3.24. The molecule has 2 aromatic rings. The number of hydrogen-bond donors (Lipinski definition) is 0. The second kappa shape index (κ2) is 7.80. The van der Waals surface area contributed by atoms with Crippen molar-refractivity contribution in [1.29, 1.82) is 5.26 Å². The quantitative estimate of drug-likeness (QED) is 0.604. The number of benzene rings is 1. The minimum Gasteiger partial charge on any atom is -0.299 e. The molecule has 0 spiro atoms. The maximum Gasteiger partial charge on any atom is 0.191 e. The topological polar surface area (TPSA) is 54.5 Å². The SMILES string of the molecule is CC(C)(C#N)CCSc1nnc(-c2ccccc2Cl)n1C1CCCC1. The molecule has 1 heterocycles. The normalized spacial score (nSPS) is 15.4. The monoisotopic (exact) mass is 374 g/mol. The highest BCUT2D eigenvalue weighted by Gasteiger charge is 2.26. The van der Waals surface area contributed by atoms with Gasteiger partial charge in [-0.05, 0) is 45.2 Å². The Bertz CT molecular complexity index is 772. The van der Waals surface area contributed by atoms with E-state index in [4.69, 9.17) is 11.6 Å². The molecule has 0 atom stereocenters. The lowest BCUT2D eigenvalue weighted by Crippen LogP contribution is -2.11. The molecule has 3 rings (SSSR count). The van der Waals surface area contributed by atoms with Gasteiger partial charge >= 0.3 is 0 Å². The van der Waals surface area contributed by atoms with Crippen molar-refractivity contribution >= 4 is 23.4 Å². The van der Waals surface area contributed by atoms with Crippen LogP contribution in [0.15, 0.2) is 29.4 Å². The van der Waals surface area contributed by atoms with Crippen LogP contribution in [0.1, 0.15) is 52.0 Å². The van der Waals surface area contributed by atoms with Crippen molar-refractivity contribution in [2.24, 2.45) is 5.41 Å². The minimum atomic E-state index is -0.309. The highest BCUT2D eigenvalue weighted by atomic mass is 35.5. The molecule has 0 radical (unpaired) electrons. The van der Waals surface area contributed by atoms with E-state index in [1.54, 1.807) is 11.8 Å². The molecule has 0 unspecified atom stereocenters. The Hall–Kier alpha value is -1.51. The average molecular weight is 375 g/mol. The largest absolute Gasteiger partial charge is 0.299 e. The fraction of sp³-hybridized carbons (Fsp3) is 0.526. The fourth-order valence-corrected chi connectivity index (χ4v) is 4.64. The first kappa shape index (κ1) is 18.3. The molecule has 1 saturated carbocycles. The van der Waals surface area contributed by atoms with Gasteiger partial charge in [-0.25, -0.2) is 0 Å². The van der Waals surface area contributed by atoms with Crippen LogP contribution >= 0.6 is 23.4 Å². The van der Waals surface area contributed by atoms with E-state index in [-0.39, 0.29) is 5.41 Å². The van der Waals surface area contributed by atoms with Gasteiger partial charge in [-0.2, -0.15) is 5.26 Å². The smallest absolute Gasteiger partial charge is 0.191 e. The molecular weight excluding hydrogens is 352 g/mol. The van der Waals surface area contributed by atoms with Crippen LogP contribution in [-0.4, -0.2) is 20.5 Å². The zero-order valence-electron chi connectivity index (χ0n) is 14.7. The Morgan fingerprint density at radius 2 is 2.00 bits per heavy atom. The van der Waals surface area contributed by atoms with E-state index in [0.29, 0.717) is 11.1 Å². The summed E-state index contributed by atoms with van der Waals surface area (Å²) in [5.41, 5.74) is 0.629. The van der Waals surface area contributed by atoms with Crippen LogP contribution < -0.4 is 0 Å². The molecule has 4 nitrogen and oxygen atoms in total. The van der Waals surface area contributed by atoms with E-state index in [2.05, 4.69) is 20.8 Å². The number of hydrogen-bond acceptors (Lipinski definition) is 4. The summed E-state index contributed by atoms with van der Waals surface area (Å²) in [7, 11) is 0. The summed E-state index contributed by atoms with van der Waals surface area (Å²) in [6, 6.07) is 10.6. The molecule has 0 amide bonds. The van der Waals surface area contributed by atoms with Crippen molar-refractivity contribution in [1.82, 2.24) is 14.8 Å². The first-order valence-electron chi connectivity index (χ1n) is 8.76. The predicted octanol–water partition coefficient (Wildman–Crippen LogP) is 5.75. The summed E-state index contributed by atoms with van der Waals surface area (Å²) in [5.74, 6) is 1.72. The number of rotatable bonds is 6. The van der Waals surface area contributed by atoms with Crippen LogP contribution in [0.4, 0.5) is 0 Å². The summed E-state index contributed by atoms with van der Waals surface area (Å²) in [4.78, 5) is 0. The third-order valence-corrected chi connectivity index (χ3v) is 6.00. The standard InChI is InChI=1S/C19H23ClN4S/c1-19(2,13-21)11-12-25-18-23-22-17(15-9-5-6-10-16(15)20)24(18)14-7-3-4-8-14/h5-6,9-10,14H,3-4,7-8,11-12H2,1-2H3. The molecule has 1 aliphatic rings. The van der Waals surface area contributed by atoms with Crippen LogP contribution in [0.25, 0.3) is 11.4 Å². The van der Waals surface area contributed by atoms with Gasteiger partial charge in [0.25, 0.3) is 0 Å². The molecule has 132 valence electrons. The third-order valence-electron chi connectivity index (χ3n) is 4.73. The molecule has 0 saturated heterocycles. The lowest BCUT2D eigenvalue weighted by atomic mass is 9.93. The van der Waals surface area contributed by atoms with Crippen molar-refractivity contribution in [3.05, 3.63) is 29.3 Å². The third kappa shape index (κ3) is 4.19. The summed E-state index contributed by atoms with van der Waals surface area (Å²) in [5, 5.41) is 19.8. The van der Waals surface area contributed by atoms with E-state index in [1.807, 2.05) is 38.1 Å². The second-order valence-electron chi connectivity index (χ2n) is 7.19. The summed E-state index contributed by atoms with van der Waals surface area (Å²) in [6.45, 7) is 3.95. The van der Waals surface area contributed by atoms with E-state index in [0.717, 1.165) is 41.6 Å². The summed E-state index contributed by atoms with van der Waals surface area (Å²) >= 11 is 8.10. The van der Waals surface area contributed by atoms with Crippen molar-refractivity contribution in [3.63, 3.8) is 0 Å². The molecule has 0 N–H and O–H groups in total. The molecule has 1 fully saturated rings. The van der Waals surface area contributed by atoms with Gasteiger partial charge in [-0.3, -0.25) is 4.57 Å². The first-order valence-corrected chi connectivity index (χ1v) is 10.1. The highest BCUT2D eigenvalue weighted by Crippen LogP contribution is 2.38. The van der Waals surface area contributed by atoms with Crippen LogP contribution in [0.2, 0.25) is 5.02 Å². The van der Waals surface area contributed by atoms with Crippen molar-refractivity contribution < 1.29 is 0 Å². The zero-order valence-corrected chi connectivity index (χ0v) is 16.3. The molecule has 6 heteroatoms. The fourth-order valence-electron chi connectivity index (χ4n) is 3.15. The molecule has 1 aromatic heterocycles. The Morgan fingerprint density at radius 1 is 1.28 bits per heavy atom. The summed E-state index contributed by atoms with van der Waals surface area (Å²) in [6.07, 6.45) is 5.64. The Kier molecular flexibility index (Phi) is 5.71. The van der Waals surface area contributed by atoms with Crippen LogP contribution in [0.3, 0.4) is 0 Å². The molecule has 0 aliphatic heterocycles. The van der Waals surface area contributed by atoms with Crippen LogP contribution in [-0.2, 0) is 0 Å². The van der Waals surface area contributed by atoms with E-state index in [9.17, 15) is 5.26 Å². The van der Waals surface area contributed by atoms with Gasteiger partial charge in [-0.1, -0.05) is 48.3 Å². The first-order chi connectivity index (χ1) is 12.0. The van der Waals surface area contributed by atoms with Gasteiger partial charge in [0.15, 0.2) is 11.0 Å². The van der Waals surface area contributed by atoms with E-state index >= 15 is 0 Å². The number of nitriles is 1. The Morgan fingerprint density at radius 3 is 2.68 bits per heavy atom. The molecule has 25 heavy (non-hydrogen) atoms. The molecule has 0 bridgehead atoms. The maximum absolute atomic E-state index is 9.19. The number of halogens is 1. The van der Waals surface area contributed by atoms with Crippen LogP contribution in [0, 0.1) is 16.7 Å². The Labute approximate surface area is 158 Å². The highest BCUT2D eigenvalue weighted by molar-refractivity contribution is 7.99. The van der Waals surface area contributed by atoms with E-state index in [1.165, 1.54) is 12.8 Å². The lowest BCUT2D eigenvalue weighted by molar-refractivity contribution is 0.476. The van der Waals surface area contributed by atoms with Gasteiger partial charge in [0.1, 0.15) is 0 Å².